The Bertz CT molecular complexity index is 1180. The molecule has 0 aliphatic carbocycles. The Balaban J connectivity index is 1.55. The van der Waals surface area contributed by atoms with Crippen molar-refractivity contribution in [3.63, 3.8) is 0 Å². The van der Waals surface area contributed by atoms with Gasteiger partial charge in [-0.1, -0.05) is 18.2 Å². The van der Waals surface area contributed by atoms with Crippen LogP contribution in [0.3, 0.4) is 0 Å². The molecule has 0 radical (unpaired) electrons. The Morgan fingerprint density at radius 1 is 1.19 bits per heavy atom. The summed E-state index contributed by atoms with van der Waals surface area (Å²) in [5.41, 5.74) is 2.95. The molecule has 134 valence electrons. The lowest BCUT2D eigenvalue weighted by molar-refractivity contribution is 0.0949. The summed E-state index contributed by atoms with van der Waals surface area (Å²) in [5.74, 6) is -0.403. The maximum Gasteiger partial charge on any atom is 0.261 e. The molecule has 6 nitrogen and oxygen atoms in total. The van der Waals surface area contributed by atoms with Crippen molar-refractivity contribution in [3.05, 3.63) is 80.7 Å². The molecule has 7 heteroatoms. The second-order valence-electron chi connectivity index (χ2n) is 6.04. The number of nitrogens with zero attached hydrogens (tertiary/aromatic N) is 2. The number of aryl methyl sites for hydroxylation is 1. The van der Waals surface area contributed by atoms with E-state index >= 15 is 0 Å². The van der Waals surface area contributed by atoms with Crippen LogP contribution in [0.4, 0.5) is 0 Å². The number of fused-ring (bicyclic) bond motifs is 1. The predicted molar refractivity (Wildman–Crippen MR) is 106 cm³/mol. The first-order valence-corrected chi connectivity index (χ1v) is 9.26. The lowest BCUT2D eigenvalue weighted by atomic mass is 10.0. The van der Waals surface area contributed by atoms with Gasteiger partial charge in [0.1, 0.15) is 10.6 Å². The zero-order valence-corrected chi connectivity index (χ0v) is 15.3. The Kier molecular flexibility index (Phi) is 4.52. The van der Waals surface area contributed by atoms with Gasteiger partial charge in [0, 0.05) is 34.2 Å². The van der Waals surface area contributed by atoms with Crippen molar-refractivity contribution in [2.45, 2.75) is 13.5 Å². The van der Waals surface area contributed by atoms with Gasteiger partial charge in [-0.2, -0.15) is 0 Å². The predicted octanol–water partition coefficient (Wildman–Crippen LogP) is 3.29. The quantitative estimate of drug-likeness (QED) is 0.572. The van der Waals surface area contributed by atoms with E-state index in [0.717, 1.165) is 27.2 Å². The number of amides is 1. The fraction of sp³-hybridized carbons (Fsp3) is 0.100. The zero-order chi connectivity index (χ0) is 18.8. The first-order chi connectivity index (χ1) is 13.1. The molecule has 1 amide bonds. The second kappa shape index (κ2) is 7.13. The maximum atomic E-state index is 12.6. The molecule has 0 fully saturated rings. The molecule has 0 aliphatic heterocycles. The van der Waals surface area contributed by atoms with Crippen molar-refractivity contribution in [3.8, 4) is 11.3 Å². The normalized spacial score (nSPS) is 10.9. The van der Waals surface area contributed by atoms with Gasteiger partial charge in [-0.3, -0.25) is 14.6 Å². The molecular weight excluding hydrogens is 360 g/mol. The summed E-state index contributed by atoms with van der Waals surface area (Å²) in [6.07, 6.45) is 3.43. The van der Waals surface area contributed by atoms with E-state index in [1.807, 2.05) is 41.8 Å². The van der Waals surface area contributed by atoms with Gasteiger partial charge in [0.2, 0.25) is 0 Å². The third kappa shape index (κ3) is 3.37. The molecule has 4 aromatic rings. The minimum absolute atomic E-state index is 0.139. The number of aromatic amines is 1. The highest BCUT2D eigenvalue weighted by Gasteiger charge is 2.17. The number of rotatable bonds is 4. The fourth-order valence-corrected chi connectivity index (χ4v) is 3.72. The van der Waals surface area contributed by atoms with Gasteiger partial charge in [0.25, 0.3) is 11.5 Å². The Morgan fingerprint density at radius 3 is 2.78 bits per heavy atom. The highest BCUT2D eigenvalue weighted by molar-refractivity contribution is 7.09. The maximum absolute atomic E-state index is 12.6. The third-order valence-corrected chi connectivity index (χ3v) is 5.19. The number of para-hydroxylation sites is 1. The van der Waals surface area contributed by atoms with Crippen LogP contribution in [0, 0.1) is 6.92 Å². The standard InChI is InChI=1S/C20H16N4O2S/c1-12-14-4-2-3-5-15(14)24-20(26)18(12)19(25)22-10-17-23-16(11-27-17)13-6-8-21-9-7-13/h2-9,11H,10H2,1H3,(H,22,25)(H,24,26). The first-order valence-electron chi connectivity index (χ1n) is 8.38. The molecule has 27 heavy (non-hydrogen) atoms. The van der Waals surface area contributed by atoms with Crippen LogP contribution < -0.4 is 10.9 Å². The number of carbonyl (C=O) groups excluding carboxylic acids is 1. The largest absolute Gasteiger partial charge is 0.345 e. The average Bonchev–Trinajstić information content (AvgIpc) is 3.16. The summed E-state index contributed by atoms with van der Waals surface area (Å²) in [4.78, 5) is 36.3. The first kappa shape index (κ1) is 17.1. The molecule has 0 unspecified atom stereocenters. The number of aromatic nitrogens is 3. The van der Waals surface area contributed by atoms with Gasteiger partial charge in [0.05, 0.1) is 12.2 Å². The number of H-pyrrole nitrogens is 1. The molecule has 0 aliphatic rings. The lowest BCUT2D eigenvalue weighted by Crippen LogP contribution is -2.30. The van der Waals surface area contributed by atoms with Gasteiger partial charge in [-0.25, -0.2) is 4.98 Å². The van der Waals surface area contributed by atoms with Gasteiger partial charge in [0.15, 0.2) is 0 Å². The van der Waals surface area contributed by atoms with Crippen LogP contribution in [-0.4, -0.2) is 20.9 Å². The van der Waals surface area contributed by atoms with Crippen molar-refractivity contribution in [1.82, 2.24) is 20.3 Å². The Morgan fingerprint density at radius 2 is 1.96 bits per heavy atom. The van der Waals surface area contributed by atoms with E-state index in [2.05, 4.69) is 20.3 Å². The molecule has 0 bridgehead atoms. The van der Waals surface area contributed by atoms with E-state index in [9.17, 15) is 9.59 Å². The number of hydrogen-bond acceptors (Lipinski definition) is 5. The summed E-state index contributed by atoms with van der Waals surface area (Å²) in [6.45, 7) is 2.05. The monoisotopic (exact) mass is 376 g/mol. The number of nitrogens with one attached hydrogen (secondary N) is 2. The summed E-state index contributed by atoms with van der Waals surface area (Å²) >= 11 is 1.46. The topological polar surface area (TPSA) is 87.7 Å². The summed E-state index contributed by atoms with van der Waals surface area (Å²) in [6, 6.07) is 11.2. The number of thiazole rings is 1. The minimum atomic E-state index is -0.403. The summed E-state index contributed by atoms with van der Waals surface area (Å²) < 4.78 is 0. The highest BCUT2D eigenvalue weighted by atomic mass is 32.1. The molecule has 3 heterocycles. The SMILES string of the molecule is Cc1c(C(=O)NCc2nc(-c3ccncc3)cs2)c(=O)[nH]c2ccccc12. The molecule has 0 spiro atoms. The van der Waals surface area contributed by atoms with Crippen LogP contribution in [0.25, 0.3) is 22.2 Å². The second-order valence-corrected chi connectivity index (χ2v) is 6.99. The van der Waals surface area contributed by atoms with Gasteiger partial charge >= 0.3 is 0 Å². The minimum Gasteiger partial charge on any atom is -0.345 e. The smallest absolute Gasteiger partial charge is 0.261 e. The van der Waals surface area contributed by atoms with E-state index < -0.39 is 5.91 Å². The molecule has 0 saturated heterocycles. The van der Waals surface area contributed by atoms with Crippen molar-refractivity contribution in [2.24, 2.45) is 0 Å². The molecule has 3 aromatic heterocycles. The van der Waals surface area contributed by atoms with Crippen LogP contribution >= 0.6 is 11.3 Å². The van der Waals surface area contributed by atoms with Crippen LogP contribution in [0.5, 0.6) is 0 Å². The van der Waals surface area contributed by atoms with E-state index in [0.29, 0.717) is 5.56 Å². The number of hydrogen-bond donors (Lipinski definition) is 2. The van der Waals surface area contributed by atoms with Gasteiger partial charge < -0.3 is 10.3 Å². The number of benzene rings is 1. The van der Waals surface area contributed by atoms with Crippen LogP contribution in [-0.2, 0) is 6.54 Å². The summed E-state index contributed by atoms with van der Waals surface area (Å²) in [5, 5.41) is 6.36. The van der Waals surface area contributed by atoms with Crippen molar-refractivity contribution >= 4 is 28.1 Å². The molecule has 4 rings (SSSR count). The van der Waals surface area contributed by atoms with E-state index in [1.165, 1.54) is 11.3 Å². The van der Waals surface area contributed by atoms with E-state index in [1.54, 1.807) is 19.3 Å². The molecule has 1 aromatic carbocycles. The Labute approximate surface area is 158 Å². The third-order valence-electron chi connectivity index (χ3n) is 4.34. The highest BCUT2D eigenvalue weighted by Crippen LogP contribution is 2.21. The number of pyridine rings is 2. The number of carbonyl (C=O) groups is 1. The van der Waals surface area contributed by atoms with E-state index in [-0.39, 0.29) is 17.7 Å². The molecule has 0 atom stereocenters. The van der Waals surface area contributed by atoms with Crippen molar-refractivity contribution < 1.29 is 4.79 Å². The fourth-order valence-electron chi connectivity index (χ4n) is 2.97. The summed E-state index contributed by atoms with van der Waals surface area (Å²) in [7, 11) is 0. The van der Waals surface area contributed by atoms with Gasteiger partial charge in [-0.15, -0.1) is 11.3 Å². The van der Waals surface area contributed by atoms with Crippen molar-refractivity contribution in [1.29, 1.82) is 0 Å². The zero-order valence-electron chi connectivity index (χ0n) is 14.5. The van der Waals surface area contributed by atoms with E-state index in [4.69, 9.17) is 0 Å². The Hall–Kier alpha value is -3.32. The van der Waals surface area contributed by atoms with Crippen molar-refractivity contribution in [2.75, 3.05) is 0 Å². The van der Waals surface area contributed by atoms with Crippen LogP contribution in [0.15, 0.2) is 59.0 Å². The van der Waals surface area contributed by atoms with Crippen LogP contribution in [0.1, 0.15) is 20.9 Å². The average molecular weight is 376 g/mol. The molecule has 0 saturated carbocycles. The molecule has 2 N–H and O–H groups in total. The lowest BCUT2D eigenvalue weighted by Gasteiger charge is -2.08. The van der Waals surface area contributed by atoms with Crippen LogP contribution in [0.2, 0.25) is 0 Å². The van der Waals surface area contributed by atoms with Gasteiger partial charge in [-0.05, 0) is 30.7 Å². The molecular formula is C20H16N4O2S.